The van der Waals surface area contributed by atoms with Crippen molar-refractivity contribution in [2.24, 2.45) is 0 Å². The van der Waals surface area contributed by atoms with Gasteiger partial charge in [0.15, 0.2) is 12.4 Å². The van der Waals surface area contributed by atoms with Crippen molar-refractivity contribution in [3.63, 3.8) is 0 Å². The molecule has 7 heteroatoms. The molecular formula is C19H18O7. The number of aliphatic hydroxyl groups is 2. The first kappa shape index (κ1) is 18.1. The molecule has 2 aromatic rings. The SMILES string of the molecule is O=C(OC[C@H]1O[C@@H](O)[C@H](O)[C@@H]1OC(=O)c1ccccc1)c1ccccc1. The molecule has 1 heterocycles. The Hall–Kier alpha value is -2.74. The van der Waals surface area contributed by atoms with E-state index in [0.717, 1.165) is 0 Å². The summed E-state index contributed by atoms with van der Waals surface area (Å²) in [6.45, 7) is -0.283. The molecule has 3 rings (SSSR count). The molecule has 26 heavy (non-hydrogen) atoms. The molecule has 136 valence electrons. The zero-order chi connectivity index (χ0) is 18.5. The fraction of sp³-hybridized carbons (Fsp3) is 0.263. The van der Waals surface area contributed by atoms with Crippen LogP contribution in [0.25, 0.3) is 0 Å². The molecule has 0 radical (unpaired) electrons. The topological polar surface area (TPSA) is 102 Å². The number of benzene rings is 2. The number of ether oxygens (including phenoxy) is 3. The fourth-order valence-electron chi connectivity index (χ4n) is 2.58. The minimum absolute atomic E-state index is 0.283. The van der Waals surface area contributed by atoms with Crippen molar-refractivity contribution in [3.05, 3.63) is 71.8 Å². The molecule has 1 saturated heterocycles. The molecule has 4 atom stereocenters. The van der Waals surface area contributed by atoms with Crippen LogP contribution in [0.5, 0.6) is 0 Å². The van der Waals surface area contributed by atoms with Crippen LogP contribution in [0.15, 0.2) is 60.7 Å². The van der Waals surface area contributed by atoms with Gasteiger partial charge in [-0.05, 0) is 24.3 Å². The van der Waals surface area contributed by atoms with Gasteiger partial charge in [0, 0.05) is 0 Å². The first-order chi connectivity index (χ1) is 12.6. The van der Waals surface area contributed by atoms with Crippen molar-refractivity contribution < 1.29 is 34.0 Å². The summed E-state index contributed by atoms with van der Waals surface area (Å²) in [6.07, 6.45) is -5.13. The van der Waals surface area contributed by atoms with Gasteiger partial charge in [0.05, 0.1) is 11.1 Å². The Labute approximate surface area is 149 Å². The van der Waals surface area contributed by atoms with Gasteiger partial charge in [-0.2, -0.15) is 0 Å². The lowest BCUT2D eigenvalue weighted by molar-refractivity contribution is -0.133. The molecule has 7 nitrogen and oxygen atoms in total. The van der Waals surface area contributed by atoms with E-state index in [9.17, 15) is 19.8 Å². The molecule has 0 spiro atoms. The van der Waals surface area contributed by atoms with Crippen LogP contribution in [0, 0.1) is 0 Å². The maximum Gasteiger partial charge on any atom is 0.338 e. The summed E-state index contributed by atoms with van der Waals surface area (Å²) in [4.78, 5) is 24.2. The number of esters is 2. The lowest BCUT2D eigenvalue weighted by Gasteiger charge is -2.20. The van der Waals surface area contributed by atoms with Gasteiger partial charge < -0.3 is 24.4 Å². The second-order valence-electron chi connectivity index (χ2n) is 5.76. The van der Waals surface area contributed by atoms with Gasteiger partial charge in [0.25, 0.3) is 0 Å². The van der Waals surface area contributed by atoms with Crippen LogP contribution in [0.1, 0.15) is 20.7 Å². The number of rotatable bonds is 5. The van der Waals surface area contributed by atoms with Crippen molar-refractivity contribution in [1.82, 2.24) is 0 Å². The third kappa shape index (κ3) is 4.08. The first-order valence-electron chi connectivity index (χ1n) is 8.06. The van der Waals surface area contributed by atoms with Gasteiger partial charge in [-0.1, -0.05) is 36.4 Å². The number of carbonyl (C=O) groups is 2. The molecule has 1 aliphatic rings. The molecular weight excluding hydrogens is 340 g/mol. The Kier molecular flexibility index (Phi) is 5.62. The molecule has 0 unspecified atom stereocenters. The molecule has 0 bridgehead atoms. The summed E-state index contributed by atoms with van der Waals surface area (Å²) in [5.41, 5.74) is 0.644. The second kappa shape index (κ2) is 8.09. The van der Waals surface area contributed by atoms with Crippen LogP contribution >= 0.6 is 0 Å². The van der Waals surface area contributed by atoms with Gasteiger partial charge in [0.1, 0.15) is 18.8 Å². The quantitative estimate of drug-likeness (QED) is 0.773. The Morgan fingerprint density at radius 1 is 0.885 bits per heavy atom. The highest BCUT2D eigenvalue weighted by Gasteiger charge is 2.46. The van der Waals surface area contributed by atoms with Gasteiger partial charge in [-0.25, -0.2) is 9.59 Å². The Morgan fingerprint density at radius 3 is 2.00 bits per heavy atom. The minimum atomic E-state index is -1.54. The largest absolute Gasteiger partial charge is 0.459 e. The zero-order valence-electron chi connectivity index (χ0n) is 13.7. The van der Waals surface area contributed by atoms with Crippen molar-refractivity contribution in [2.45, 2.75) is 24.6 Å². The van der Waals surface area contributed by atoms with E-state index < -0.39 is 36.5 Å². The van der Waals surface area contributed by atoms with E-state index in [4.69, 9.17) is 14.2 Å². The highest BCUT2D eigenvalue weighted by Crippen LogP contribution is 2.24. The smallest absolute Gasteiger partial charge is 0.338 e. The van der Waals surface area contributed by atoms with Gasteiger partial charge >= 0.3 is 11.9 Å². The number of aliphatic hydroxyl groups excluding tert-OH is 2. The molecule has 0 aromatic heterocycles. The summed E-state index contributed by atoms with van der Waals surface area (Å²) in [7, 11) is 0. The van der Waals surface area contributed by atoms with Crippen LogP contribution in [0.3, 0.4) is 0 Å². The molecule has 2 aromatic carbocycles. The average Bonchev–Trinajstić information content (AvgIpc) is 2.95. The summed E-state index contributed by atoms with van der Waals surface area (Å²) < 4.78 is 15.6. The average molecular weight is 358 g/mol. The molecule has 2 N–H and O–H groups in total. The van der Waals surface area contributed by atoms with Crippen molar-refractivity contribution in [3.8, 4) is 0 Å². The number of carbonyl (C=O) groups excluding carboxylic acids is 2. The van der Waals surface area contributed by atoms with E-state index in [1.54, 1.807) is 60.7 Å². The van der Waals surface area contributed by atoms with E-state index in [1.165, 1.54) is 0 Å². The maximum absolute atomic E-state index is 12.2. The van der Waals surface area contributed by atoms with Gasteiger partial charge in [-0.15, -0.1) is 0 Å². The number of hydrogen-bond donors (Lipinski definition) is 2. The van der Waals surface area contributed by atoms with E-state index in [2.05, 4.69) is 0 Å². The third-order valence-electron chi connectivity index (χ3n) is 3.95. The predicted molar refractivity (Wildman–Crippen MR) is 89.3 cm³/mol. The van der Waals surface area contributed by atoms with E-state index >= 15 is 0 Å². The molecule has 0 saturated carbocycles. The summed E-state index contributed by atoms with van der Waals surface area (Å²) in [5, 5.41) is 19.7. The van der Waals surface area contributed by atoms with E-state index in [1.807, 2.05) is 0 Å². The Morgan fingerprint density at radius 2 is 1.42 bits per heavy atom. The van der Waals surface area contributed by atoms with Gasteiger partial charge in [-0.3, -0.25) is 0 Å². The summed E-state index contributed by atoms with van der Waals surface area (Å²) in [6, 6.07) is 16.6. The third-order valence-corrected chi connectivity index (χ3v) is 3.95. The maximum atomic E-state index is 12.2. The molecule has 0 amide bonds. The second-order valence-corrected chi connectivity index (χ2v) is 5.76. The van der Waals surface area contributed by atoms with Crippen LogP contribution in [-0.2, 0) is 14.2 Å². The van der Waals surface area contributed by atoms with Gasteiger partial charge in [0.2, 0.25) is 0 Å². The summed E-state index contributed by atoms with van der Waals surface area (Å²) in [5.74, 6) is -1.26. The molecule has 0 aliphatic carbocycles. The molecule has 1 fully saturated rings. The summed E-state index contributed by atoms with van der Waals surface area (Å²) >= 11 is 0. The van der Waals surface area contributed by atoms with E-state index in [-0.39, 0.29) is 6.61 Å². The first-order valence-corrected chi connectivity index (χ1v) is 8.06. The van der Waals surface area contributed by atoms with Crippen LogP contribution in [0.2, 0.25) is 0 Å². The molecule has 1 aliphatic heterocycles. The number of hydrogen-bond acceptors (Lipinski definition) is 7. The lowest BCUT2D eigenvalue weighted by Crippen LogP contribution is -2.39. The van der Waals surface area contributed by atoms with Crippen molar-refractivity contribution >= 4 is 11.9 Å². The van der Waals surface area contributed by atoms with Crippen LogP contribution in [-0.4, -0.2) is 53.4 Å². The van der Waals surface area contributed by atoms with Crippen LogP contribution < -0.4 is 0 Å². The standard InChI is InChI=1S/C19H18O7/c20-15-16(26-18(22)13-9-5-2-6-10-13)14(25-19(15)23)11-24-17(21)12-7-3-1-4-8-12/h1-10,14-16,19-20,23H,11H2/t14-,15-,16-,19-/m1/s1. The van der Waals surface area contributed by atoms with Crippen LogP contribution in [0.4, 0.5) is 0 Å². The zero-order valence-corrected chi connectivity index (χ0v) is 13.7. The minimum Gasteiger partial charge on any atom is -0.459 e. The lowest BCUT2D eigenvalue weighted by atomic mass is 10.1. The monoisotopic (exact) mass is 358 g/mol. The highest BCUT2D eigenvalue weighted by molar-refractivity contribution is 5.90. The Balaban J connectivity index is 1.63. The highest BCUT2D eigenvalue weighted by atomic mass is 16.7. The van der Waals surface area contributed by atoms with E-state index in [0.29, 0.717) is 11.1 Å². The predicted octanol–water partition coefficient (Wildman–Crippen LogP) is 1.15. The van der Waals surface area contributed by atoms with Crippen molar-refractivity contribution in [2.75, 3.05) is 6.61 Å². The fourth-order valence-corrected chi connectivity index (χ4v) is 2.58. The Bertz CT molecular complexity index is 747. The normalized spacial score (nSPS) is 24.8. The van der Waals surface area contributed by atoms with Crippen molar-refractivity contribution in [1.29, 1.82) is 0 Å².